The van der Waals surface area contributed by atoms with Crippen LogP contribution in [0.1, 0.15) is 49.9 Å². The lowest BCUT2D eigenvalue weighted by molar-refractivity contribution is -0.129. The van der Waals surface area contributed by atoms with Gasteiger partial charge in [-0.15, -0.1) is 0 Å². The van der Waals surface area contributed by atoms with Gasteiger partial charge in [-0.05, 0) is 54.9 Å². The molecule has 7 heteroatoms. The Kier molecular flexibility index (Phi) is 8.96. The molecule has 0 aliphatic carbocycles. The summed E-state index contributed by atoms with van der Waals surface area (Å²) in [5, 5.41) is 8.34. The van der Waals surface area contributed by atoms with Crippen LogP contribution in [0.4, 0.5) is 0 Å². The summed E-state index contributed by atoms with van der Waals surface area (Å²) in [4.78, 5) is 49.5. The van der Waals surface area contributed by atoms with Gasteiger partial charge in [0.05, 0.1) is 6.04 Å². The van der Waals surface area contributed by atoms with E-state index < -0.39 is 18.0 Å². The summed E-state index contributed by atoms with van der Waals surface area (Å²) in [6.07, 6.45) is 2.89. The van der Waals surface area contributed by atoms with Crippen molar-refractivity contribution in [3.63, 3.8) is 0 Å². The fraction of sp³-hybridized carbons (Fsp3) is 0.407. The van der Waals surface area contributed by atoms with Crippen molar-refractivity contribution in [1.29, 1.82) is 0 Å². The summed E-state index contributed by atoms with van der Waals surface area (Å²) >= 11 is 0. The fourth-order valence-corrected chi connectivity index (χ4v) is 4.19. The van der Waals surface area contributed by atoms with Crippen molar-refractivity contribution in [3.05, 3.63) is 60.2 Å². The van der Waals surface area contributed by atoms with E-state index >= 15 is 0 Å². The minimum Gasteiger partial charge on any atom is -0.356 e. The molecular weight excluding hydrogens is 430 g/mol. The maximum absolute atomic E-state index is 13.0. The summed E-state index contributed by atoms with van der Waals surface area (Å²) in [7, 11) is 0. The number of hydrogen-bond acceptors (Lipinski definition) is 4. The molecule has 1 aliphatic heterocycles. The highest BCUT2D eigenvalue weighted by molar-refractivity contribution is 5.98. The Balaban J connectivity index is 1.64. The average Bonchev–Trinajstić information content (AvgIpc) is 2.84. The van der Waals surface area contributed by atoms with Crippen molar-refractivity contribution in [2.75, 3.05) is 6.54 Å². The van der Waals surface area contributed by atoms with E-state index in [0.717, 1.165) is 17.5 Å². The Morgan fingerprint density at radius 2 is 1.71 bits per heavy atom. The third-order valence-electron chi connectivity index (χ3n) is 6.01. The quantitative estimate of drug-likeness (QED) is 0.471. The van der Waals surface area contributed by atoms with Gasteiger partial charge >= 0.3 is 0 Å². The molecule has 3 rings (SSSR count). The molecule has 0 saturated carbocycles. The second kappa shape index (κ2) is 12.1. The second-order valence-electron chi connectivity index (χ2n) is 9.22. The topological polar surface area (TPSA) is 104 Å². The van der Waals surface area contributed by atoms with Crippen molar-refractivity contribution in [2.45, 2.75) is 51.6 Å². The predicted octanol–water partition coefficient (Wildman–Crippen LogP) is 3.10. The Morgan fingerprint density at radius 3 is 2.32 bits per heavy atom. The van der Waals surface area contributed by atoms with E-state index in [2.05, 4.69) is 16.0 Å². The third kappa shape index (κ3) is 7.01. The van der Waals surface area contributed by atoms with Gasteiger partial charge in [0, 0.05) is 18.0 Å². The number of amides is 3. The van der Waals surface area contributed by atoms with E-state index in [1.807, 2.05) is 56.3 Å². The molecule has 3 unspecified atom stereocenters. The van der Waals surface area contributed by atoms with E-state index in [-0.39, 0.29) is 30.1 Å². The molecule has 1 fully saturated rings. The Labute approximate surface area is 200 Å². The number of aldehydes is 1. The van der Waals surface area contributed by atoms with Gasteiger partial charge < -0.3 is 20.7 Å². The molecule has 34 heavy (non-hydrogen) atoms. The zero-order valence-electron chi connectivity index (χ0n) is 19.8. The van der Waals surface area contributed by atoms with Gasteiger partial charge in [-0.2, -0.15) is 0 Å². The average molecular weight is 464 g/mol. The molecule has 180 valence electrons. The van der Waals surface area contributed by atoms with E-state index in [9.17, 15) is 19.2 Å². The first kappa shape index (κ1) is 25.1. The Hall–Kier alpha value is -3.48. The van der Waals surface area contributed by atoms with Crippen LogP contribution in [-0.4, -0.2) is 42.6 Å². The standard InChI is InChI=1S/C27H33N3O4/c1-18(2)15-24(27(34)29-23(17-31)16-22-9-6-14-28-25(22)32)30-26(33)21-12-10-20(11-13-21)19-7-4-3-5-8-19/h3-5,7-8,10-13,17-18,22-24H,6,9,14-16H2,1-2H3,(H,28,32)(H,29,34)(H,30,33). The Bertz CT molecular complexity index is 989. The van der Waals surface area contributed by atoms with Crippen LogP contribution in [-0.2, 0) is 14.4 Å². The van der Waals surface area contributed by atoms with Gasteiger partial charge in [0.2, 0.25) is 11.8 Å². The van der Waals surface area contributed by atoms with Gasteiger partial charge in [-0.3, -0.25) is 14.4 Å². The summed E-state index contributed by atoms with van der Waals surface area (Å²) in [6, 6.07) is 15.5. The monoisotopic (exact) mass is 463 g/mol. The highest BCUT2D eigenvalue weighted by Gasteiger charge is 2.29. The van der Waals surface area contributed by atoms with Gasteiger partial charge in [-0.25, -0.2) is 0 Å². The van der Waals surface area contributed by atoms with Crippen LogP contribution >= 0.6 is 0 Å². The molecule has 2 aromatic carbocycles. The Morgan fingerprint density at radius 1 is 1.03 bits per heavy atom. The lowest BCUT2D eigenvalue weighted by Gasteiger charge is -2.26. The van der Waals surface area contributed by atoms with E-state index in [0.29, 0.717) is 31.2 Å². The highest BCUT2D eigenvalue weighted by Crippen LogP contribution is 2.20. The number of carbonyl (C=O) groups is 4. The predicted molar refractivity (Wildman–Crippen MR) is 131 cm³/mol. The van der Waals surface area contributed by atoms with Gasteiger partial charge in [-0.1, -0.05) is 56.3 Å². The number of hydrogen-bond donors (Lipinski definition) is 3. The molecular formula is C27H33N3O4. The van der Waals surface area contributed by atoms with Crippen molar-refractivity contribution in [1.82, 2.24) is 16.0 Å². The molecule has 3 atom stereocenters. The first-order chi connectivity index (χ1) is 16.4. The number of piperidine rings is 1. The largest absolute Gasteiger partial charge is 0.356 e. The normalized spacial score (nSPS) is 17.4. The summed E-state index contributed by atoms with van der Waals surface area (Å²) in [5.41, 5.74) is 2.50. The molecule has 0 spiro atoms. The lowest BCUT2D eigenvalue weighted by atomic mass is 9.91. The molecule has 1 heterocycles. The number of benzene rings is 2. The minimum atomic E-state index is -0.788. The maximum Gasteiger partial charge on any atom is 0.251 e. The van der Waals surface area contributed by atoms with Crippen molar-refractivity contribution >= 4 is 24.0 Å². The van der Waals surface area contributed by atoms with E-state index in [1.54, 1.807) is 12.1 Å². The maximum atomic E-state index is 13.0. The zero-order chi connectivity index (χ0) is 24.5. The highest BCUT2D eigenvalue weighted by atomic mass is 16.2. The minimum absolute atomic E-state index is 0.0849. The van der Waals surface area contributed by atoms with Crippen molar-refractivity contribution < 1.29 is 19.2 Å². The molecule has 0 radical (unpaired) electrons. The second-order valence-corrected chi connectivity index (χ2v) is 9.22. The van der Waals surface area contributed by atoms with E-state index in [4.69, 9.17) is 0 Å². The molecule has 3 N–H and O–H groups in total. The first-order valence-electron chi connectivity index (χ1n) is 11.9. The number of rotatable bonds is 10. The van der Waals surface area contributed by atoms with Crippen LogP contribution in [0.15, 0.2) is 54.6 Å². The smallest absolute Gasteiger partial charge is 0.251 e. The van der Waals surface area contributed by atoms with Crippen LogP contribution in [0.25, 0.3) is 11.1 Å². The first-order valence-corrected chi connectivity index (χ1v) is 11.9. The SMILES string of the molecule is CC(C)CC(NC(=O)c1ccc(-c2ccccc2)cc1)C(=O)NC(C=O)CC1CCCNC1=O. The van der Waals surface area contributed by atoms with Crippen LogP contribution < -0.4 is 16.0 Å². The van der Waals surface area contributed by atoms with Crippen LogP contribution in [0.3, 0.4) is 0 Å². The summed E-state index contributed by atoms with van der Waals surface area (Å²) < 4.78 is 0. The molecule has 0 bridgehead atoms. The lowest BCUT2D eigenvalue weighted by Crippen LogP contribution is -2.51. The summed E-state index contributed by atoms with van der Waals surface area (Å²) in [5.74, 6) is -1.01. The molecule has 7 nitrogen and oxygen atoms in total. The summed E-state index contributed by atoms with van der Waals surface area (Å²) in [6.45, 7) is 4.57. The molecule has 3 amide bonds. The number of carbonyl (C=O) groups excluding carboxylic acids is 4. The van der Waals surface area contributed by atoms with Gasteiger partial charge in [0.15, 0.2) is 0 Å². The van der Waals surface area contributed by atoms with Crippen molar-refractivity contribution in [2.24, 2.45) is 11.8 Å². The van der Waals surface area contributed by atoms with E-state index in [1.165, 1.54) is 0 Å². The molecule has 1 saturated heterocycles. The fourth-order valence-electron chi connectivity index (χ4n) is 4.19. The zero-order valence-corrected chi connectivity index (χ0v) is 19.8. The van der Waals surface area contributed by atoms with Gasteiger partial charge in [0.25, 0.3) is 5.91 Å². The molecule has 1 aliphatic rings. The van der Waals surface area contributed by atoms with Gasteiger partial charge in [0.1, 0.15) is 12.3 Å². The molecule has 0 aromatic heterocycles. The number of nitrogens with one attached hydrogen (secondary N) is 3. The van der Waals surface area contributed by atoms with Crippen LogP contribution in [0.5, 0.6) is 0 Å². The van der Waals surface area contributed by atoms with Crippen molar-refractivity contribution in [3.8, 4) is 11.1 Å². The molecule has 2 aromatic rings. The third-order valence-corrected chi connectivity index (χ3v) is 6.01. The van der Waals surface area contributed by atoms with Crippen LogP contribution in [0, 0.1) is 11.8 Å². The van der Waals surface area contributed by atoms with Crippen LogP contribution in [0.2, 0.25) is 0 Å².